The summed E-state index contributed by atoms with van der Waals surface area (Å²) in [5.74, 6) is 1.73. The number of nitrogens with one attached hydrogen (secondary N) is 1. The van der Waals surface area contributed by atoms with Gasteiger partial charge in [0.05, 0.1) is 17.1 Å². The standard InChI is InChI=1S/C17H27N3/c1-12(17(3,4)5)11-18-13(2)16-19-14-9-7-8-10-15(14)20(16)6/h7-10,12-13,18H,11H2,1-6H3. The largest absolute Gasteiger partial charge is 0.330 e. The lowest BCUT2D eigenvalue weighted by molar-refractivity contribution is 0.245. The lowest BCUT2D eigenvalue weighted by Gasteiger charge is -2.28. The van der Waals surface area contributed by atoms with Gasteiger partial charge in [0.1, 0.15) is 5.82 Å². The van der Waals surface area contributed by atoms with Gasteiger partial charge in [-0.05, 0) is 36.9 Å². The quantitative estimate of drug-likeness (QED) is 0.915. The molecule has 2 unspecified atom stereocenters. The van der Waals surface area contributed by atoms with Crippen molar-refractivity contribution in [3.05, 3.63) is 30.1 Å². The number of nitrogens with zero attached hydrogens (tertiary/aromatic N) is 2. The number of hydrogen-bond donors (Lipinski definition) is 1. The normalized spacial score (nSPS) is 15.5. The van der Waals surface area contributed by atoms with Crippen LogP contribution in [-0.2, 0) is 7.05 Å². The summed E-state index contributed by atoms with van der Waals surface area (Å²) >= 11 is 0. The number of aryl methyl sites for hydroxylation is 1. The minimum absolute atomic E-state index is 0.261. The van der Waals surface area contributed by atoms with Gasteiger partial charge in [0.15, 0.2) is 0 Å². The van der Waals surface area contributed by atoms with E-state index in [1.54, 1.807) is 0 Å². The zero-order valence-corrected chi connectivity index (χ0v) is 13.6. The van der Waals surface area contributed by atoms with Crippen LogP contribution in [0.1, 0.15) is 46.5 Å². The number of fused-ring (bicyclic) bond motifs is 1. The number of imidazole rings is 1. The highest BCUT2D eigenvalue weighted by molar-refractivity contribution is 5.75. The van der Waals surface area contributed by atoms with Crippen molar-refractivity contribution in [1.82, 2.24) is 14.9 Å². The summed E-state index contributed by atoms with van der Waals surface area (Å²) in [7, 11) is 2.09. The van der Waals surface area contributed by atoms with Gasteiger partial charge in [0, 0.05) is 7.05 Å². The molecule has 0 fully saturated rings. The van der Waals surface area contributed by atoms with E-state index in [0.29, 0.717) is 11.3 Å². The predicted octanol–water partition coefficient (Wildman–Crippen LogP) is 3.91. The molecule has 1 heterocycles. The van der Waals surface area contributed by atoms with Gasteiger partial charge in [-0.2, -0.15) is 0 Å². The third-order valence-electron chi connectivity index (χ3n) is 4.42. The van der Waals surface area contributed by atoms with E-state index in [1.807, 2.05) is 6.07 Å². The lowest BCUT2D eigenvalue weighted by Crippen LogP contribution is -2.32. The van der Waals surface area contributed by atoms with Crippen molar-refractivity contribution in [3.8, 4) is 0 Å². The van der Waals surface area contributed by atoms with E-state index < -0.39 is 0 Å². The van der Waals surface area contributed by atoms with Gasteiger partial charge in [-0.15, -0.1) is 0 Å². The monoisotopic (exact) mass is 273 g/mol. The van der Waals surface area contributed by atoms with Crippen LogP contribution in [0.5, 0.6) is 0 Å². The summed E-state index contributed by atoms with van der Waals surface area (Å²) in [6.07, 6.45) is 0. The maximum Gasteiger partial charge on any atom is 0.126 e. The fourth-order valence-corrected chi connectivity index (χ4v) is 2.30. The van der Waals surface area contributed by atoms with Crippen LogP contribution >= 0.6 is 0 Å². The minimum atomic E-state index is 0.261. The van der Waals surface area contributed by atoms with Crippen molar-refractivity contribution >= 4 is 11.0 Å². The third kappa shape index (κ3) is 3.04. The predicted molar refractivity (Wildman–Crippen MR) is 85.8 cm³/mol. The Hall–Kier alpha value is -1.35. The number of para-hydroxylation sites is 2. The van der Waals surface area contributed by atoms with Crippen LogP contribution in [0, 0.1) is 11.3 Å². The minimum Gasteiger partial charge on any atom is -0.330 e. The summed E-state index contributed by atoms with van der Waals surface area (Å²) in [6.45, 7) is 12.4. The summed E-state index contributed by atoms with van der Waals surface area (Å²) in [6, 6.07) is 8.56. The summed E-state index contributed by atoms with van der Waals surface area (Å²) in [5, 5.41) is 3.62. The Morgan fingerprint density at radius 2 is 1.85 bits per heavy atom. The van der Waals surface area contributed by atoms with Gasteiger partial charge in [0.2, 0.25) is 0 Å². The summed E-state index contributed by atoms with van der Waals surface area (Å²) in [4.78, 5) is 4.75. The fraction of sp³-hybridized carbons (Fsp3) is 0.588. The molecule has 3 nitrogen and oxygen atoms in total. The number of rotatable bonds is 4. The first-order valence-corrected chi connectivity index (χ1v) is 7.45. The second-order valence-electron chi connectivity index (χ2n) is 6.91. The van der Waals surface area contributed by atoms with Gasteiger partial charge in [-0.3, -0.25) is 0 Å². The van der Waals surface area contributed by atoms with Crippen LogP contribution in [0.15, 0.2) is 24.3 Å². The molecule has 2 rings (SSSR count). The van der Waals surface area contributed by atoms with Crippen molar-refractivity contribution in [2.45, 2.75) is 40.7 Å². The molecule has 2 aromatic rings. The number of hydrogen-bond acceptors (Lipinski definition) is 2. The number of benzene rings is 1. The Morgan fingerprint density at radius 3 is 2.45 bits per heavy atom. The molecule has 1 aromatic heterocycles. The van der Waals surface area contributed by atoms with Gasteiger partial charge < -0.3 is 9.88 Å². The third-order valence-corrected chi connectivity index (χ3v) is 4.42. The van der Waals surface area contributed by atoms with E-state index >= 15 is 0 Å². The molecule has 1 aromatic carbocycles. The van der Waals surface area contributed by atoms with Crippen molar-refractivity contribution in [2.24, 2.45) is 18.4 Å². The highest BCUT2D eigenvalue weighted by Gasteiger charge is 2.21. The molecule has 0 aliphatic heterocycles. The van der Waals surface area contributed by atoms with Crippen LogP contribution in [0.25, 0.3) is 11.0 Å². The van der Waals surface area contributed by atoms with Crippen molar-refractivity contribution in [1.29, 1.82) is 0 Å². The maximum atomic E-state index is 4.75. The molecule has 0 saturated carbocycles. The van der Waals surface area contributed by atoms with Crippen LogP contribution in [-0.4, -0.2) is 16.1 Å². The highest BCUT2D eigenvalue weighted by atomic mass is 15.1. The Bertz CT molecular complexity index is 577. The zero-order chi connectivity index (χ0) is 14.9. The van der Waals surface area contributed by atoms with Crippen molar-refractivity contribution in [2.75, 3.05) is 6.54 Å². The molecule has 110 valence electrons. The first kappa shape index (κ1) is 15.0. The highest BCUT2D eigenvalue weighted by Crippen LogP contribution is 2.25. The average molecular weight is 273 g/mol. The number of aromatic nitrogens is 2. The smallest absolute Gasteiger partial charge is 0.126 e. The molecule has 0 radical (unpaired) electrons. The first-order valence-electron chi connectivity index (χ1n) is 7.45. The SMILES string of the molecule is CC(NCC(C)C(C)(C)C)c1nc2ccccc2n1C. The molecule has 3 heteroatoms. The Morgan fingerprint density at radius 1 is 1.20 bits per heavy atom. The van der Waals surface area contributed by atoms with E-state index in [9.17, 15) is 0 Å². The van der Waals surface area contributed by atoms with Crippen LogP contribution in [0.3, 0.4) is 0 Å². The molecule has 0 bridgehead atoms. The molecule has 0 aliphatic rings. The molecule has 2 atom stereocenters. The Kier molecular flexibility index (Phi) is 4.19. The molecule has 0 amide bonds. The molecule has 20 heavy (non-hydrogen) atoms. The zero-order valence-electron chi connectivity index (χ0n) is 13.6. The average Bonchev–Trinajstić information content (AvgIpc) is 2.72. The maximum absolute atomic E-state index is 4.75. The van der Waals surface area contributed by atoms with E-state index in [2.05, 4.69) is 69.7 Å². The molecule has 0 spiro atoms. The molecular weight excluding hydrogens is 246 g/mol. The first-order chi connectivity index (χ1) is 9.30. The van der Waals surface area contributed by atoms with Crippen molar-refractivity contribution < 1.29 is 0 Å². The Labute approximate surface area is 122 Å². The lowest BCUT2D eigenvalue weighted by atomic mass is 9.82. The van der Waals surface area contributed by atoms with E-state index in [1.165, 1.54) is 5.52 Å². The van der Waals surface area contributed by atoms with Crippen LogP contribution < -0.4 is 5.32 Å². The van der Waals surface area contributed by atoms with Gasteiger partial charge in [-0.25, -0.2) is 4.98 Å². The van der Waals surface area contributed by atoms with Gasteiger partial charge >= 0.3 is 0 Å². The summed E-state index contributed by atoms with van der Waals surface area (Å²) < 4.78 is 2.19. The Balaban J connectivity index is 2.12. The van der Waals surface area contributed by atoms with E-state index in [-0.39, 0.29) is 6.04 Å². The van der Waals surface area contributed by atoms with Crippen molar-refractivity contribution in [3.63, 3.8) is 0 Å². The topological polar surface area (TPSA) is 29.9 Å². The summed E-state index contributed by atoms with van der Waals surface area (Å²) in [5.41, 5.74) is 2.60. The van der Waals surface area contributed by atoms with Gasteiger partial charge in [-0.1, -0.05) is 39.8 Å². The fourth-order valence-electron chi connectivity index (χ4n) is 2.30. The van der Waals surface area contributed by atoms with Crippen LogP contribution in [0.4, 0.5) is 0 Å². The molecule has 1 N–H and O–H groups in total. The van der Waals surface area contributed by atoms with E-state index in [0.717, 1.165) is 17.9 Å². The molecule has 0 aliphatic carbocycles. The molecule has 0 saturated heterocycles. The second-order valence-corrected chi connectivity index (χ2v) is 6.91. The molecular formula is C17H27N3. The van der Waals surface area contributed by atoms with E-state index in [4.69, 9.17) is 4.98 Å². The second kappa shape index (κ2) is 5.57. The van der Waals surface area contributed by atoms with Gasteiger partial charge in [0.25, 0.3) is 0 Å². The van der Waals surface area contributed by atoms with Crippen LogP contribution in [0.2, 0.25) is 0 Å².